The molecule has 2 aliphatic heterocycles. The predicted molar refractivity (Wildman–Crippen MR) is 128 cm³/mol. The number of nitrogens with zero attached hydrogens (tertiary/aromatic N) is 2. The number of likely N-dealkylation sites (tertiary alicyclic amines) is 2. The lowest BCUT2D eigenvalue weighted by molar-refractivity contribution is -0.146. The Morgan fingerprint density at radius 3 is 1.71 bits per heavy atom. The summed E-state index contributed by atoms with van der Waals surface area (Å²) in [6.07, 6.45) is 1.73. The lowest BCUT2D eigenvalue weighted by Crippen LogP contribution is -2.43. The molecular weight excluding hydrogens is 664 g/mol. The minimum absolute atomic E-state index is 0.102. The third kappa shape index (κ3) is 3.16. The van der Waals surface area contributed by atoms with Crippen LogP contribution in [0.5, 0.6) is 0 Å². The van der Waals surface area contributed by atoms with Crippen molar-refractivity contribution in [3.8, 4) is 0 Å². The van der Waals surface area contributed by atoms with Gasteiger partial charge in [0.05, 0.1) is 23.7 Å². The van der Waals surface area contributed by atoms with Gasteiger partial charge in [0.25, 0.3) is 0 Å². The molecule has 0 aromatic carbocycles. The summed E-state index contributed by atoms with van der Waals surface area (Å²) >= 11 is 14.5. The van der Waals surface area contributed by atoms with Gasteiger partial charge in [-0.1, -0.05) is 70.6 Å². The highest BCUT2D eigenvalue weighted by molar-refractivity contribution is 9.12. The molecule has 5 aliphatic rings. The van der Waals surface area contributed by atoms with E-state index in [-0.39, 0.29) is 98.5 Å². The molecule has 31 heavy (non-hydrogen) atoms. The van der Waals surface area contributed by atoms with Crippen molar-refractivity contribution in [2.75, 3.05) is 18.4 Å². The summed E-state index contributed by atoms with van der Waals surface area (Å²) in [5.74, 6) is -1.12. The molecule has 6 nitrogen and oxygen atoms in total. The molecule has 5 rings (SSSR count). The van der Waals surface area contributed by atoms with E-state index in [9.17, 15) is 19.2 Å². The van der Waals surface area contributed by atoms with Gasteiger partial charge >= 0.3 is 0 Å². The number of hydrogen-bond donors (Lipinski definition) is 0. The Hall–Kier alpha value is 0.200. The summed E-state index contributed by atoms with van der Waals surface area (Å²) in [5, 5.41) is 0.688. The fourth-order valence-corrected chi connectivity index (χ4v) is 10.1. The molecule has 0 N–H and O–H groups in total. The van der Waals surface area contributed by atoms with Crippen LogP contribution in [0.25, 0.3) is 0 Å². The standard InChI is InChI=1S/C21H24Br4N2O4/c1-7(23)9-4-8(6-22)12-13(9)19(29)26(18(12)28)2-3-27-20(30)14-10-5-11(15(14)21(27)31)17(25)16(10)24/h7-17H,2-6H2,1H3. The first-order chi connectivity index (χ1) is 14.7. The summed E-state index contributed by atoms with van der Waals surface area (Å²) < 4.78 is 0. The normalized spacial score (nSPS) is 47.0. The second kappa shape index (κ2) is 8.15. The maximum absolute atomic E-state index is 13.2. The molecule has 4 amide bonds. The highest BCUT2D eigenvalue weighted by Crippen LogP contribution is 2.60. The van der Waals surface area contributed by atoms with Crippen molar-refractivity contribution in [2.45, 2.75) is 34.2 Å². The van der Waals surface area contributed by atoms with Gasteiger partial charge in [0.15, 0.2) is 0 Å². The highest BCUT2D eigenvalue weighted by atomic mass is 79.9. The Balaban J connectivity index is 1.31. The molecule has 2 bridgehead atoms. The molecule has 170 valence electrons. The Kier molecular flexibility index (Phi) is 6.04. The van der Waals surface area contributed by atoms with Gasteiger partial charge in [-0.2, -0.15) is 0 Å². The average molecular weight is 688 g/mol. The third-order valence-electron chi connectivity index (χ3n) is 8.45. The molecule has 11 unspecified atom stereocenters. The fraction of sp³-hybridized carbons (Fsp3) is 0.810. The fourth-order valence-electron chi connectivity index (χ4n) is 7.05. The molecular formula is C21H24Br4N2O4. The largest absolute Gasteiger partial charge is 0.280 e. The summed E-state index contributed by atoms with van der Waals surface area (Å²) in [6, 6.07) is 0. The van der Waals surface area contributed by atoms with E-state index in [1.807, 2.05) is 6.92 Å². The minimum Gasteiger partial charge on any atom is -0.280 e. The number of amides is 4. The van der Waals surface area contributed by atoms with Crippen LogP contribution in [0.1, 0.15) is 19.8 Å². The summed E-state index contributed by atoms with van der Waals surface area (Å²) in [5.41, 5.74) is 0. The Morgan fingerprint density at radius 1 is 0.806 bits per heavy atom. The SMILES string of the molecule is CC(Br)C1CC(CBr)C2C(=O)N(CCN3C(=O)C4C5CC(C(Br)C5Br)C4C3=O)C(=O)C12. The molecule has 3 aliphatic carbocycles. The van der Waals surface area contributed by atoms with Gasteiger partial charge < -0.3 is 0 Å². The highest BCUT2D eigenvalue weighted by Gasteiger charge is 2.66. The average Bonchev–Trinajstić information content (AvgIpc) is 3.48. The third-order valence-corrected chi connectivity index (χ3v) is 13.2. The van der Waals surface area contributed by atoms with Gasteiger partial charge in [-0.3, -0.25) is 29.0 Å². The second-order valence-corrected chi connectivity index (χ2v) is 13.9. The Labute approximate surface area is 215 Å². The van der Waals surface area contributed by atoms with Gasteiger partial charge in [0.1, 0.15) is 0 Å². The summed E-state index contributed by atoms with van der Waals surface area (Å²) in [6.45, 7) is 2.24. The van der Waals surface area contributed by atoms with Crippen LogP contribution < -0.4 is 0 Å². The Morgan fingerprint density at radius 2 is 1.26 bits per heavy atom. The monoisotopic (exact) mass is 684 g/mol. The van der Waals surface area contributed by atoms with Crippen molar-refractivity contribution in [3.63, 3.8) is 0 Å². The van der Waals surface area contributed by atoms with E-state index in [1.165, 1.54) is 9.80 Å². The first kappa shape index (κ1) is 23.0. The van der Waals surface area contributed by atoms with Crippen LogP contribution in [-0.4, -0.2) is 66.3 Å². The van der Waals surface area contributed by atoms with Crippen molar-refractivity contribution in [1.82, 2.24) is 9.80 Å². The lowest BCUT2D eigenvalue weighted by Gasteiger charge is -2.28. The van der Waals surface area contributed by atoms with Crippen LogP contribution in [0, 0.1) is 47.3 Å². The number of imide groups is 2. The molecule has 0 spiro atoms. The zero-order valence-electron chi connectivity index (χ0n) is 16.9. The molecule has 5 fully saturated rings. The van der Waals surface area contributed by atoms with Crippen LogP contribution in [0.2, 0.25) is 0 Å². The van der Waals surface area contributed by atoms with E-state index in [1.54, 1.807) is 0 Å². The van der Waals surface area contributed by atoms with E-state index in [2.05, 4.69) is 63.7 Å². The molecule has 11 atom stereocenters. The van der Waals surface area contributed by atoms with E-state index < -0.39 is 0 Å². The van der Waals surface area contributed by atoms with Gasteiger partial charge in [-0.15, -0.1) is 0 Å². The number of carbonyl (C=O) groups excluding carboxylic acids is 4. The zero-order chi connectivity index (χ0) is 22.4. The maximum atomic E-state index is 13.2. The van der Waals surface area contributed by atoms with Crippen LogP contribution >= 0.6 is 63.7 Å². The molecule has 0 aromatic heterocycles. The topological polar surface area (TPSA) is 74.8 Å². The molecule has 2 saturated heterocycles. The molecule has 3 saturated carbocycles. The van der Waals surface area contributed by atoms with Crippen LogP contribution in [0.15, 0.2) is 0 Å². The van der Waals surface area contributed by atoms with E-state index >= 15 is 0 Å². The van der Waals surface area contributed by atoms with Crippen LogP contribution in [-0.2, 0) is 19.2 Å². The first-order valence-electron chi connectivity index (χ1n) is 10.9. The molecule has 2 heterocycles. The zero-order valence-corrected chi connectivity index (χ0v) is 23.3. The van der Waals surface area contributed by atoms with Crippen molar-refractivity contribution in [1.29, 1.82) is 0 Å². The van der Waals surface area contributed by atoms with Crippen molar-refractivity contribution < 1.29 is 19.2 Å². The number of alkyl halides is 4. The summed E-state index contributed by atoms with van der Waals surface area (Å²) in [4.78, 5) is 55.8. The van der Waals surface area contributed by atoms with Crippen LogP contribution in [0.4, 0.5) is 0 Å². The second-order valence-electron chi connectivity index (χ2n) is 9.70. The van der Waals surface area contributed by atoms with Crippen LogP contribution in [0.3, 0.4) is 0 Å². The van der Waals surface area contributed by atoms with Crippen molar-refractivity contribution in [2.24, 2.45) is 47.3 Å². The maximum Gasteiger partial charge on any atom is 0.233 e. The number of rotatable bonds is 5. The Bertz CT molecular complexity index is 821. The lowest BCUT2D eigenvalue weighted by atomic mass is 9.81. The predicted octanol–water partition coefficient (Wildman–Crippen LogP) is 3.18. The molecule has 0 radical (unpaired) electrons. The number of halogens is 4. The number of carbonyl (C=O) groups is 4. The van der Waals surface area contributed by atoms with Gasteiger partial charge in [0.2, 0.25) is 23.6 Å². The summed E-state index contributed by atoms with van der Waals surface area (Å²) in [7, 11) is 0. The van der Waals surface area contributed by atoms with E-state index in [0.717, 1.165) is 12.8 Å². The smallest absolute Gasteiger partial charge is 0.233 e. The van der Waals surface area contributed by atoms with E-state index in [0.29, 0.717) is 5.33 Å². The van der Waals surface area contributed by atoms with Crippen molar-refractivity contribution >= 4 is 87.3 Å². The minimum atomic E-state index is -0.312. The van der Waals surface area contributed by atoms with Crippen molar-refractivity contribution in [3.05, 3.63) is 0 Å². The van der Waals surface area contributed by atoms with Gasteiger partial charge in [-0.05, 0) is 36.5 Å². The van der Waals surface area contributed by atoms with Gasteiger partial charge in [-0.25, -0.2) is 0 Å². The number of fused-ring (bicyclic) bond motifs is 6. The molecule has 10 heteroatoms. The number of hydrogen-bond acceptors (Lipinski definition) is 4. The quantitative estimate of drug-likeness (QED) is 0.329. The first-order valence-corrected chi connectivity index (χ1v) is 14.7. The van der Waals surface area contributed by atoms with E-state index in [4.69, 9.17) is 0 Å². The molecule has 0 aromatic rings. The van der Waals surface area contributed by atoms with Gasteiger partial charge in [0, 0.05) is 32.9 Å².